The smallest absolute Gasteiger partial charge is 0.462 e. The standard InChI is InChI=1S/C60H106NO8P/c1-6-8-10-12-14-16-18-20-22-24-26-28-30-32-34-36-38-40-42-44-46-48-50-52-59(62)66-56-58(57-68-70(64,65)67-55-54-61(3,4)5)69-60(63)53-51-49-47-45-43-41-39-37-35-33-31-29-27-25-23-21-19-17-15-13-11-9-7-2/h9,11,15,17-18,20-21,23-24,26-27,29,33,35,58H,6-8,10,12-14,16,19,22,25,28,30-32,34,36-57H2,1-5H3/p+1/b11-9-,17-15-,20-18-,23-21-,26-24-,29-27-,35-33-. The number of rotatable bonds is 51. The van der Waals surface area contributed by atoms with Crippen LogP contribution in [-0.4, -0.2) is 74.9 Å². The van der Waals surface area contributed by atoms with Crippen LogP contribution in [0.2, 0.25) is 0 Å². The molecule has 1 N–H and O–H groups in total. The summed E-state index contributed by atoms with van der Waals surface area (Å²) in [5, 5.41) is 0. The molecule has 0 aromatic carbocycles. The van der Waals surface area contributed by atoms with E-state index in [1.807, 2.05) is 21.1 Å². The zero-order chi connectivity index (χ0) is 51.3. The summed E-state index contributed by atoms with van der Waals surface area (Å²) < 4.78 is 34.5. The third kappa shape index (κ3) is 54.5. The number of nitrogens with zero attached hydrogens (tertiary/aromatic N) is 1. The second kappa shape index (κ2) is 51.1. The van der Waals surface area contributed by atoms with E-state index in [0.717, 1.165) is 83.5 Å². The monoisotopic (exact) mass is 1000 g/mol. The van der Waals surface area contributed by atoms with Crippen molar-refractivity contribution in [2.24, 2.45) is 0 Å². The number of carbonyl (C=O) groups is 2. The van der Waals surface area contributed by atoms with E-state index in [1.165, 1.54) is 116 Å². The number of esters is 2. The highest BCUT2D eigenvalue weighted by molar-refractivity contribution is 7.47. The Kier molecular flexibility index (Phi) is 49.1. The number of carbonyl (C=O) groups excluding carboxylic acids is 2. The van der Waals surface area contributed by atoms with Gasteiger partial charge in [-0.2, -0.15) is 0 Å². The van der Waals surface area contributed by atoms with Gasteiger partial charge in [0.15, 0.2) is 6.10 Å². The highest BCUT2D eigenvalue weighted by Crippen LogP contribution is 2.43. The highest BCUT2D eigenvalue weighted by Gasteiger charge is 2.27. The van der Waals surface area contributed by atoms with E-state index in [-0.39, 0.29) is 32.0 Å². The van der Waals surface area contributed by atoms with Gasteiger partial charge in [0.1, 0.15) is 19.8 Å². The molecule has 0 aliphatic heterocycles. The van der Waals surface area contributed by atoms with Crippen LogP contribution in [-0.2, 0) is 32.7 Å². The molecule has 0 saturated heterocycles. The Balaban J connectivity index is 4.23. The van der Waals surface area contributed by atoms with Crippen molar-refractivity contribution in [3.8, 4) is 0 Å². The summed E-state index contributed by atoms with van der Waals surface area (Å²) in [6.07, 6.45) is 67.8. The molecule has 0 aromatic rings. The lowest BCUT2D eigenvalue weighted by molar-refractivity contribution is -0.870. The Hall–Kier alpha value is -2.81. The van der Waals surface area contributed by atoms with Crippen LogP contribution in [0.1, 0.15) is 232 Å². The van der Waals surface area contributed by atoms with Crippen molar-refractivity contribution < 1.29 is 42.1 Å². The van der Waals surface area contributed by atoms with Gasteiger partial charge in [0, 0.05) is 12.8 Å². The molecule has 0 aliphatic carbocycles. The van der Waals surface area contributed by atoms with Gasteiger partial charge in [-0.05, 0) is 89.9 Å². The van der Waals surface area contributed by atoms with Crippen molar-refractivity contribution in [3.05, 3.63) is 85.1 Å². The van der Waals surface area contributed by atoms with Crippen molar-refractivity contribution >= 4 is 19.8 Å². The van der Waals surface area contributed by atoms with E-state index in [0.29, 0.717) is 17.4 Å². The van der Waals surface area contributed by atoms with Crippen molar-refractivity contribution in [3.63, 3.8) is 0 Å². The lowest BCUT2D eigenvalue weighted by Gasteiger charge is -2.24. The second-order valence-electron chi connectivity index (χ2n) is 19.9. The Labute approximate surface area is 431 Å². The first-order valence-electron chi connectivity index (χ1n) is 28.3. The molecule has 0 bridgehead atoms. The van der Waals surface area contributed by atoms with E-state index >= 15 is 0 Å². The Morgan fingerprint density at radius 3 is 1.21 bits per heavy atom. The van der Waals surface area contributed by atoms with E-state index in [2.05, 4.69) is 98.9 Å². The van der Waals surface area contributed by atoms with Gasteiger partial charge in [-0.1, -0.05) is 214 Å². The molecule has 0 rings (SSSR count). The normalized spacial score (nSPS) is 14.0. The van der Waals surface area contributed by atoms with Gasteiger partial charge in [-0.25, -0.2) is 4.57 Å². The van der Waals surface area contributed by atoms with E-state index in [1.54, 1.807) is 0 Å². The number of hydrogen-bond acceptors (Lipinski definition) is 7. The minimum atomic E-state index is -4.39. The zero-order valence-electron chi connectivity index (χ0n) is 45.7. The van der Waals surface area contributed by atoms with Crippen LogP contribution in [0.25, 0.3) is 0 Å². The zero-order valence-corrected chi connectivity index (χ0v) is 46.6. The first kappa shape index (κ1) is 67.2. The van der Waals surface area contributed by atoms with E-state index in [9.17, 15) is 19.0 Å². The van der Waals surface area contributed by atoms with Crippen molar-refractivity contribution in [2.45, 2.75) is 238 Å². The molecule has 0 fully saturated rings. The van der Waals surface area contributed by atoms with Gasteiger partial charge in [-0.15, -0.1) is 0 Å². The number of hydrogen-bond donors (Lipinski definition) is 1. The Morgan fingerprint density at radius 2 is 0.814 bits per heavy atom. The maximum absolute atomic E-state index is 12.8. The number of phosphoric acid groups is 1. The molecule has 9 nitrogen and oxygen atoms in total. The SMILES string of the molecule is CC/C=C\C/C=C\C/C=C\C/C=C\C/C=C\CCCCCCCCCC(=O)OC(COC(=O)CCCCCCCCCCCCC/C=C\C/C=C\CCCCCCC)COP(=O)(O)OCC[N+](C)(C)C. The summed E-state index contributed by atoms with van der Waals surface area (Å²) in [6.45, 7) is 4.30. The fourth-order valence-electron chi connectivity index (χ4n) is 7.54. The van der Waals surface area contributed by atoms with Gasteiger partial charge in [0.25, 0.3) is 0 Å². The molecule has 0 aromatic heterocycles. The van der Waals surface area contributed by atoms with E-state index < -0.39 is 26.5 Å². The summed E-state index contributed by atoms with van der Waals surface area (Å²) in [5.41, 5.74) is 0. The molecule has 0 saturated carbocycles. The third-order valence-corrected chi connectivity index (χ3v) is 12.9. The van der Waals surface area contributed by atoms with Gasteiger partial charge in [-0.3, -0.25) is 18.6 Å². The average Bonchev–Trinajstić information content (AvgIpc) is 3.32. The topological polar surface area (TPSA) is 108 Å². The molecular formula is C60H107NO8P+. The Morgan fingerprint density at radius 1 is 0.457 bits per heavy atom. The van der Waals surface area contributed by atoms with Crippen molar-refractivity contribution in [2.75, 3.05) is 47.5 Å². The maximum Gasteiger partial charge on any atom is 0.472 e. The van der Waals surface area contributed by atoms with E-state index in [4.69, 9.17) is 18.5 Å². The number of allylic oxidation sites excluding steroid dienone is 14. The summed E-state index contributed by atoms with van der Waals surface area (Å²) in [4.78, 5) is 35.7. The molecule has 0 spiro atoms. The fraction of sp³-hybridized carbons (Fsp3) is 0.733. The van der Waals surface area contributed by atoms with Gasteiger partial charge >= 0.3 is 19.8 Å². The van der Waals surface area contributed by atoms with Crippen LogP contribution < -0.4 is 0 Å². The lowest BCUT2D eigenvalue weighted by Crippen LogP contribution is -2.37. The van der Waals surface area contributed by atoms with Crippen molar-refractivity contribution in [1.82, 2.24) is 0 Å². The number of ether oxygens (including phenoxy) is 2. The largest absolute Gasteiger partial charge is 0.472 e. The van der Waals surface area contributed by atoms with Crippen molar-refractivity contribution in [1.29, 1.82) is 0 Å². The molecule has 2 unspecified atom stereocenters. The molecule has 0 heterocycles. The first-order chi connectivity index (χ1) is 34.0. The quantitative estimate of drug-likeness (QED) is 0.0211. The molecule has 0 aliphatic rings. The van der Waals surface area contributed by atoms with Crippen LogP contribution in [0.5, 0.6) is 0 Å². The predicted octanol–water partition coefficient (Wildman–Crippen LogP) is 17.5. The number of phosphoric ester groups is 1. The number of unbranched alkanes of at least 4 members (excludes halogenated alkanes) is 23. The summed E-state index contributed by atoms with van der Waals surface area (Å²) in [7, 11) is 1.46. The maximum atomic E-state index is 12.8. The molecular weight excluding hydrogens is 894 g/mol. The average molecular weight is 1000 g/mol. The molecule has 0 amide bonds. The molecule has 10 heteroatoms. The minimum absolute atomic E-state index is 0.0251. The van der Waals surface area contributed by atoms with Gasteiger partial charge < -0.3 is 18.9 Å². The molecule has 404 valence electrons. The van der Waals surface area contributed by atoms with Gasteiger partial charge in [0.2, 0.25) is 0 Å². The third-order valence-electron chi connectivity index (χ3n) is 11.9. The summed E-state index contributed by atoms with van der Waals surface area (Å²) >= 11 is 0. The summed E-state index contributed by atoms with van der Waals surface area (Å²) in [6, 6.07) is 0. The van der Waals surface area contributed by atoms with Crippen LogP contribution >= 0.6 is 7.82 Å². The second-order valence-corrected chi connectivity index (χ2v) is 21.4. The lowest BCUT2D eigenvalue weighted by atomic mass is 10.0. The summed E-state index contributed by atoms with van der Waals surface area (Å²) in [5.74, 6) is -0.813. The van der Waals surface area contributed by atoms with Crippen LogP contribution in [0.15, 0.2) is 85.1 Å². The molecule has 70 heavy (non-hydrogen) atoms. The fourth-order valence-corrected chi connectivity index (χ4v) is 8.28. The van der Waals surface area contributed by atoms with Crippen LogP contribution in [0.3, 0.4) is 0 Å². The predicted molar refractivity (Wildman–Crippen MR) is 298 cm³/mol. The minimum Gasteiger partial charge on any atom is -0.462 e. The van der Waals surface area contributed by atoms with Gasteiger partial charge in [0.05, 0.1) is 27.7 Å². The number of likely N-dealkylation sites (N-methyl/N-ethyl adjacent to an activating group) is 1. The first-order valence-corrected chi connectivity index (χ1v) is 29.8. The Bertz CT molecular complexity index is 1460. The van der Waals surface area contributed by atoms with Crippen LogP contribution in [0, 0.1) is 0 Å². The van der Waals surface area contributed by atoms with Crippen LogP contribution in [0.4, 0.5) is 0 Å². The molecule has 2 atom stereocenters. The number of quaternary nitrogens is 1. The highest BCUT2D eigenvalue weighted by atomic mass is 31.2. The molecule has 0 radical (unpaired) electrons.